The Labute approximate surface area is 197 Å². The predicted molar refractivity (Wildman–Crippen MR) is 131 cm³/mol. The Bertz CT molecular complexity index is 939. The van der Waals surface area contributed by atoms with Gasteiger partial charge in [0.2, 0.25) is 0 Å². The lowest BCUT2D eigenvalue weighted by Crippen LogP contribution is -2.44. The molecule has 178 valence electrons. The summed E-state index contributed by atoms with van der Waals surface area (Å²) in [6.45, 7) is 11.7. The fraction of sp³-hybridized carbons (Fsp3) is 0.462. The molecule has 0 saturated carbocycles. The highest BCUT2D eigenvalue weighted by Gasteiger charge is 2.34. The lowest BCUT2D eigenvalue weighted by Gasteiger charge is -2.33. The molecule has 0 radical (unpaired) electrons. The van der Waals surface area contributed by atoms with Gasteiger partial charge < -0.3 is 19.7 Å². The minimum absolute atomic E-state index is 0.131. The zero-order valence-corrected chi connectivity index (χ0v) is 20.6. The number of rotatable bonds is 10. The van der Waals surface area contributed by atoms with Gasteiger partial charge in [0.05, 0.1) is 12.8 Å². The molecule has 7 heteroatoms. The molecule has 0 aliphatic heterocycles. The molecule has 0 saturated heterocycles. The van der Waals surface area contributed by atoms with E-state index in [4.69, 9.17) is 9.47 Å². The maximum Gasteiger partial charge on any atom is 0.373 e. The fourth-order valence-corrected chi connectivity index (χ4v) is 3.71. The predicted octanol–water partition coefficient (Wildman–Crippen LogP) is 3.97. The SMILES string of the molecule is CB(O)NCC(C)(CC(=O)OC(C)(C)C)c1cc(CC(=O)OCc2ccccc2)ccc1C. The van der Waals surface area contributed by atoms with E-state index in [1.54, 1.807) is 6.82 Å². The molecule has 0 spiro atoms. The second-order valence-corrected chi connectivity index (χ2v) is 9.85. The number of carbonyl (C=O) groups is 2. The van der Waals surface area contributed by atoms with Crippen LogP contribution in [0.4, 0.5) is 0 Å². The minimum Gasteiger partial charge on any atom is -0.461 e. The molecule has 0 heterocycles. The monoisotopic (exact) mass is 453 g/mol. The third-order valence-electron chi connectivity index (χ3n) is 5.29. The third-order valence-corrected chi connectivity index (χ3v) is 5.29. The van der Waals surface area contributed by atoms with Crippen molar-refractivity contribution in [2.24, 2.45) is 0 Å². The van der Waals surface area contributed by atoms with E-state index in [1.807, 2.05) is 83.1 Å². The number of esters is 2. The summed E-state index contributed by atoms with van der Waals surface area (Å²) >= 11 is 0. The van der Waals surface area contributed by atoms with E-state index < -0.39 is 18.1 Å². The topological polar surface area (TPSA) is 84.9 Å². The van der Waals surface area contributed by atoms with Crippen LogP contribution in [0, 0.1) is 6.92 Å². The van der Waals surface area contributed by atoms with Crippen LogP contribution in [-0.2, 0) is 37.5 Å². The summed E-state index contributed by atoms with van der Waals surface area (Å²) in [5.74, 6) is -0.630. The average Bonchev–Trinajstić information content (AvgIpc) is 2.71. The normalized spacial score (nSPS) is 13.2. The standard InChI is InChI=1S/C26H36BNO5/c1-19-12-13-21(15-23(29)32-17-20-10-8-7-9-11-20)14-22(19)26(5,18-28-27(6)31)16-24(30)33-25(2,3)4/h7-14,28,31H,15-18H2,1-6H3. The number of hydrogen-bond donors (Lipinski definition) is 2. The smallest absolute Gasteiger partial charge is 0.373 e. The molecule has 0 bridgehead atoms. The first-order chi connectivity index (χ1) is 15.4. The first-order valence-corrected chi connectivity index (χ1v) is 11.3. The van der Waals surface area contributed by atoms with Gasteiger partial charge in [0.25, 0.3) is 0 Å². The van der Waals surface area contributed by atoms with E-state index in [0.717, 1.165) is 22.3 Å². The van der Waals surface area contributed by atoms with Gasteiger partial charge in [0, 0.05) is 5.41 Å². The van der Waals surface area contributed by atoms with Crippen LogP contribution in [0.1, 0.15) is 56.4 Å². The Balaban J connectivity index is 2.21. The first-order valence-electron chi connectivity index (χ1n) is 11.3. The van der Waals surface area contributed by atoms with Gasteiger partial charge in [-0.25, -0.2) is 0 Å². The van der Waals surface area contributed by atoms with Crippen LogP contribution in [0.3, 0.4) is 0 Å². The fourth-order valence-electron chi connectivity index (χ4n) is 3.71. The van der Waals surface area contributed by atoms with E-state index in [0.29, 0.717) is 6.54 Å². The molecular weight excluding hydrogens is 417 g/mol. The molecule has 2 aromatic carbocycles. The second-order valence-electron chi connectivity index (χ2n) is 9.85. The van der Waals surface area contributed by atoms with Crippen LogP contribution in [0.2, 0.25) is 6.82 Å². The van der Waals surface area contributed by atoms with Crippen molar-refractivity contribution in [2.75, 3.05) is 6.54 Å². The summed E-state index contributed by atoms with van der Waals surface area (Å²) in [6.07, 6.45) is 0.263. The number of benzene rings is 2. The molecule has 2 aromatic rings. The van der Waals surface area contributed by atoms with Gasteiger partial charge in [-0.2, -0.15) is 0 Å². The molecular formula is C26H36BNO5. The van der Waals surface area contributed by atoms with E-state index in [1.165, 1.54) is 0 Å². The zero-order valence-electron chi connectivity index (χ0n) is 20.6. The molecule has 0 aliphatic rings. The average molecular weight is 453 g/mol. The molecule has 6 nitrogen and oxygen atoms in total. The van der Waals surface area contributed by atoms with E-state index in [-0.39, 0.29) is 31.4 Å². The molecule has 33 heavy (non-hydrogen) atoms. The Hall–Kier alpha value is -2.64. The highest BCUT2D eigenvalue weighted by Crippen LogP contribution is 2.32. The Morgan fingerprint density at radius 2 is 1.67 bits per heavy atom. The van der Waals surface area contributed by atoms with Crippen LogP contribution in [0.25, 0.3) is 0 Å². The Kier molecular flexibility index (Phi) is 9.26. The molecule has 2 rings (SSSR count). The molecule has 0 fully saturated rings. The molecule has 1 unspecified atom stereocenters. The van der Waals surface area contributed by atoms with Crippen LogP contribution in [-0.4, -0.2) is 36.2 Å². The van der Waals surface area contributed by atoms with Crippen LogP contribution in [0.15, 0.2) is 48.5 Å². The van der Waals surface area contributed by atoms with Gasteiger partial charge in [-0.15, -0.1) is 0 Å². The lowest BCUT2D eigenvalue weighted by molar-refractivity contribution is -0.156. The maximum atomic E-state index is 12.7. The summed E-state index contributed by atoms with van der Waals surface area (Å²) in [6, 6.07) is 15.4. The summed E-state index contributed by atoms with van der Waals surface area (Å²) in [4.78, 5) is 25.1. The quantitative estimate of drug-likeness (QED) is 0.418. The Morgan fingerprint density at radius 1 is 1.00 bits per heavy atom. The number of ether oxygens (including phenoxy) is 2. The number of hydrogen-bond acceptors (Lipinski definition) is 6. The van der Waals surface area contributed by atoms with Crippen molar-refractivity contribution in [3.8, 4) is 0 Å². The summed E-state index contributed by atoms with van der Waals surface area (Å²) in [7, 11) is -0.723. The lowest BCUT2D eigenvalue weighted by atomic mass is 9.74. The maximum absolute atomic E-state index is 12.7. The van der Waals surface area contributed by atoms with Gasteiger partial charge >= 0.3 is 19.0 Å². The number of nitrogens with one attached hydrogen (secondary N) is 1. The van der Waals surface area contributed by atoms with Crippen molar-refractivity contribution in [3.63, 3.8) is 0 Å². The summed E-state index contributed by atoms with van der Waals surface area (Å²) in [5, 5.41) is 12.8. The van der Waals surface area contributed by atoms with E-state index >= 15 is 0 Å². The third kappa shape index (κ3) is 9.02. The van der Waals surface area contributed by atoms with Gasteiger partial charge in [-0.05, 0) is 63.3 Å². The van der Waals surface area contributed by atoms with Gasteiger partial charge in [0.15, 0.2) is 0 Å². The van der Waals surface area contributed by atoms with Gasteiger partial charge in [0.1, 0.15) is 12.2 Å². The summed E-state index contributed by atoms with van der Waals surface area (Å²) < 4.78 is 11.0. The van der Waals surface area contributed by atoms with Crippen molar-refractivity contribution < 1.29 is 24.1 Å². The molecule has 1 atom stereocenters. The van der Waals surface area contributed by atoms with Gasteiger partial charge in [-0.1, -0.05) is 55.5 Å². The van der Waals surface area contributed by atoms with Crippen molar-refractivity contribution >= 4 is 19.0 Å². The molecule has 0 aromatic heterocycles. The molecule has 2 N–H and O–H groups in total. The van der Waals surface area contributed by atoms with Crippen LogP contribution in [0.5, 0.6) is 0 Å². The van der Waals surface area contributed by atoms with Crippen molar-refractivity contribution in [3.05, 3.63) is 70.8 Å². The minimum atomic E-state index is -0.723. The van der Waals surface area contributed by atoms with Crippen molar-refractivity contribution in [1.82, 2.24) is 5.23 Å². The second kappa shape index (κ2) is 11.5. The molecule has 0 aliphatic carbocycles. The van der Waals surface area contributed by atoms with Crippen LogP contribution < -0.4 is 5.23 Å². The molecule has 0 amide bonds. The largest absolute Gasteiger partial charge is 0.461 e. The van der Waals surface area contributed by atoms with E-state index in [2.05, 4.69) is 5.23 Å². The zero-order chi connectivity index (χ0) is 24.6. The van der Waals surface area contributed by atoms with E-state index in [9.17, 15) is 14.6 Å². The van der Waals surface area contributed by atoms with Gasteiger partial charge in [-0.3, -0.25) is 9.59 Å². The first kappa shape index (κ1) is 26.6. The number of aryl methyl sites for hydroxylation is 1. The highest BCUT2D eigenvalue weighted by molar-refractivity contribution is 6.45. The summed E-state index contributed by atoms with van der Waals surface area (Å²) in [5.41, 5.74) is 2.43. The number of carbonyl (C=O) groups excluding carboxylic acids is 2. The highest BCUT2D eigenvalue weighted by atomic mass is 16.6. The Morgan fingerprint density at radius 3 is 2.27 bits per heavy atom. The van der Waals surface area contributed by atoms with Crippen molar-refractivity contribution in [1.29, 1.82) is 0 Å². The van der Waals surface area contributed by atoms with Crippen molar-refractivity contribution in [2.45, 2.75) is 71.9 Å². The van der Waals surface area contributed by atoms with Crippen LogP contribution >= 0.6 is 0 Å².